The molecule has 0 aromatic heterocycles. The van der Waals surface area contributed by atoms with Gasteiger partial charge in [0.05, 0.1) is 12.6 Å². The Morgan fingerprint density at radius 1 is 1.28 bits per heavy atom. The molecule has 3 nitrogen and oxygen atoms in total. The molecule has 0 aromatic carbocycles. The van der Waals surface area contributed by atoms with Crippen molar-refractivity contribution in [2.75, 3.05) is 13.6 Å². The van der Waals surface area contributed by atoms with E-state index in [1.54, 1.807) is 34.7 Å². The second kappa shape index (κ2) is 6.39. The molecule has 0 aliphatic carbocycles. The molecular weight excluding hydrogens is 243 g/mol. The topological polar surface area (TPSA) is 39.1 Å². The molecular formula is C12H22F3N3. The number of rotatable bonds is 6. The van der Waals surface area contributed by atoms with Crippen molar-refractivity contribution in [1.29, 1.82) is 5.26 Å². The lowest BCUT2D eigenvalue weighted by molar-refractivity contribution is -0.155. The van der Waals surface area contributed by atoms with Crippen molar-refractivity contribution in [3.8, 4) is 6.07 Å². The Labute approximate surface area is 107 Å². The van der Waals surface area contributed by atoms with Crippen molar-refractivity contribution in [1.82, 2.24) is 10.2 Å². The molecule has 0 aliphatic rings. The van der Waals surface area contributed by atoms with E-state index in [0.717, 1.165) is 0 Å². The van der Waals surface area contributed by atoms with E-state index in [-0.39, 0.29) is 12.1 Å². The van der Waals surface area contributed by atoms with Gasteiger partial charge >= 0.3 is 6.18 Å². The van der Waals surface area contributed by atoms with Crippen LogP contribution < -0.4 is 5.32 Å². The summed E-state index contributed by atoms with van der Waals surface area (Å²) < 4.78 is 37.5. The zero-order valence-electron chi connectivity index (χ0n) is 11.6. The predicted molar refractivity (Wildman–Crippen MR) is 65.1 cm³/mol. The van der Waals surface area contributed by atoms with Gasteiger partial charge < -0.3 is 5.32 Å². The molecule has 2 unspecified atom stereocenters. The summed E-state index contributed by atoms with van der Waals surface area (Å²) in [7, 11) is 1.64. The van der Waals surface area contributed by atoms with Gasteiger partial charge in [-0.2, -0.15) is 18.4 Å². The summed E-state index contributed by atoms with van der Waals surface area (Å²) in [5.41, 5.74) is -0.807. The summed E-state index contributed by atoms with van der Waals surface area (Å²) in [5.74, 6) is 0. The van der Waals surface area contributed by atoms with Crippen molar-refractivity contribution < 1.29 is 13.2 Å². The number of nitrogens with zero attached hydrogens (tertiary/aromatic N) is 2. The zero-order chi connectivity index (χ0) is 14.6. The molecule has 2 atom stereocenters. The Morgan fingerprint density at radius 2 is 1.78 bits per heavy atom. The fourth-order valence-corrected chi connectivity index (χ4v) is 1.97. The van der Waals surface area contributed by atoms with Gasteiger partial charge in [-0.15, -0.1) is 0 Å². The van der Waals surface area contributed by atoms with Crippen LogP contribution in [0.2, 0.25) is 0 Å². The van der Waals surface area contributed by atoms with Gasteiger partial charge in [0.25, 0.3) is 0 Å². The van der Waals surface area contributed by atoms with E-state index >= 15 is 0 Å². The first-order chi connectivity index (χ1) is 8.04. The van der Waals surface area contributed by atoms with Crippen LogP contribution >= 0.6 is 0 Å². The van der Waals surface area contributed by atoms with Gasteiger partial charge in [-0.3, -0.25) is 4.90 Å². The highest BCUT2D eigenvalue weighted by Crippen LogP contribution is 2.23. The fourth-order valence-electron chi connectivity index (χ4n) is 1.97. The summed E-state index contributed by atoms with van der Waals surface area (Å²) in [4.78, 5) is 1.37. The minimum atomic E-state index is -4.22. The van der Waals surface area contributed by atoms with E-state index in [9.17, 15) is 13.2 Å². The van der Waals surface area contributed by atoms with Crippen LogP contribution in [0.4, 0.5) is 13.2 Å². The lowest BCUT2D eigenvalue weighted by Gasteiger charge is -2.36. The van der Waals surface area contributed by atoms with Crippen molar-refractivity contribution >= 4 is 0 Å². The van der Waals surface area contributed by atoms with Crippen LogP contribution in [0.15, 0.2) is 0 Å². The van der Waals surface area contributed by atoms with Crippen LogP contribution in [0.1, 0.15) is 34.1 Å². The summed E-state index contributed by atoms with van der Waals surface area (Å²) in [6.45, 7) is 5.92. The van der Waals surface area contributed by atoms with Crippen molar-refractivity contribution in [2.24, 2.45) is 0 Å². The first-order valence-corrected chi connectivity index (χ1v) is 5.97. The third-order valence-corrected chi connectivity index (χ3v) is 3.09. The Kier molecular flexibility index (Phi) is 6.11. The first kappa shape index (κ1) is 17.2. The Hall–Kier alpha value is -0.800. The predicted octanol–water partition coefficient (Wildman–Crippen LogP) is 2.54. The Bertz CT molecular complexity index is 296. The molecule has 0 spiro atoms. The normalized spacial score (nSPS) is 17.6. The molecule has 0 bridgehead atoms. The molecule has 0 aromatic rings. The van der Waals surface area contributed by atoms with Gasteiger partial charge in [-0.25, -0.2) is 0 Å². The second-order valence-corrected chi connectivity index (χ2v) is 5.13. The summed E-state index contributed by atoms with van der Waals surface area (Å²) in [5, 5.41) is 11.9. The van der Waals surface area contributed by atoms with Gasteiger partial charge in [-0.05, 0) is 41.2 Å². The second-order valence-electron chi connectivity index (χ2n) is 5.13. The van der Waals surface area contributed by atoms with Gasteiger partial charge in [0, 0.05) is 12.1 Å². The van der Waals surface area contributed by atoms with Gasteiger partial charge in [0.15, 0.2) is 0 Å². The number of alkyl halides is 3. The van der Waals surface area contributed by atoms with Crippen LogP contribution in [-0.2, 0) is 0 Å². The molecule has 0 saturated heterocycles. The van der Waals surface area contributed by atoms with Crippen LogP contribution in [0, 0.1) is 11.3 Å². The largest absolute Gasteiger partial charge is 0.401 e. The number of hydrogen-bond donors (Lipinski definition) is 1. The van der Waals surface area contributed by atoms with Gasteiger partial charge in [0.1, 0.15) is 5.54 Å². The Balaban J connectivity index is 4.79. The lowest BCUT2D eigenvalue weighted by Crippen LogP contribution is -2.50. The van der Waals surface area contributed by atoms with Crippen LogP contribution in [0.3, 0.4) is 0 Å². The van der Waals surface area contributed by atoms with Crippen LogP contribution in [0.25, 0.3) is 0 Å². The third-order valence-electron chi connectivity index (χ3n) is 3.09. The zero-order valence-corrected chi connectivity index (χ0v) is 11.6. The Morgan fingerprint density at radius 3 is 2.06 bits per heavy atom. The number of halogens is 3. The van der Waals surface area contributed by atoms with E-state index in [4.69, 9.17) is 5.26 Å². The maximum Gasteiger partial charge on any atom is 0.401 e. The maximum atomic E-state index is 12.5. The molecule has 0 amide bonds. The molecule has 0 rings (SSSR count). The molecule has 0 saturated carbocycles. The minimum absolute atomic E-state index is 0.221. The number of nitrogens with one attached hydrogen (secondary N) is 1. The van der Waals surface area contributed by atoms with Crippen LogP contribution in [-0.4, -0.2) is 42.3 Å². The summed E-state index contributed by atoms with van der Waals surface area (Å²) >= 11 is 0. The third kappa shape index (κ3) is 5.69. The SMILES string of the molecule is CNC(C)(C#N)CC(C)N(CC(F)(F)F)C(C)C. The lowest BCUT2D eigenvalue weighted by atomic mass is 9.94. The van der Waals surface area contributed by atoms with Crippen molar-refractivity contribution in [3.05, 3.63) is 0 Å². The van der Waals surface area contributed by atoms with E-state index < -0.39 is 18.3 Å². The van der Waals surface area contributed by atoms with E-state index in [2.05, 4.69) is 11.4 Å². The summed E-state index contributed by atoms with van der Waals surface area (Å²) in [6, 6.07) is 1.55. The highest BCUT2D eigenvalue weighted by atomic mass is 19.4. The van der Waals surface area contributed by atoms with E-state index in [1.807, 2.05) is 0 Å². The molecule has 0 aliphatic heterocycles. The molecule has 0 fully saturated rings. The van der Waals surface area contributed by atoms with Crippen LogP contribution in [0.5, 0.6) is 0 Å². The monoisotopic (exact) mass is 265 g/mol. The molecule has 18 heavy (non-hydrogen) atoms. The van der Waals surface area contributed by atoms with Crippen molar-refractivity contribution in [2.45, 2.75) is 57.9 Å². The average Bonchev–Trinajstić information content (AvgIpc) is 2.24. The quantitative estimate of drug-likeness (QED) is 0.802. The highest BCUT2D eigenvalue weighted by molar-refractivity contribution is 5.04. The van der Waals surface area contributed by atoms with E-state index in [1.165, 1.54) is 4.90 Å². The molecule has 106 valence electrons. The first-order valence-electron chi connectivity index (χ1n) is 5.97. The average molecular weight is 265 g/mol. The van der Waals surface area contributed by atoms with Gasteiger partial charge in [-0.1, -0.05) is 0 Å². The number of nitriles is 1. The van der Waals surface area contributed by atoms with E-state index in [0.29, 0.717) is 6.42 Å². The molecule has 0 heterocycles. The summed E-state index contributed by atoms with van der Waals surface area (Å²) in [6.07, 6.45) is -3.88. The molecule has 6 heteroatoms. The van der Waals surface area contributed by atoms with Crippen molar-refractivity contribution in [3.63, 3.8) is 0 Å². The maximum absolute atomic E-state index is 12.5. The van der Waals surface area contributed by atoms with Gasteiger partial charge in [0.2, 0.25) is 0 Å². The highest BCUT2D eigenvalue weighted by Gasteiger charge is 2.36. The minimum Gasteiger partial charge on any atom is -0.303 e. The standard InChI is InChI=1S/C12H22F3N3/c1-9(2)18(8-12(13,14)15)10(3)6-11(4,7-16)17-5/h9-10,17H,6,8H2,1-5H3. The fraction of sp³-hybridized carbons (Fsp3) is 0.917. The number of hydrogen-bond acceptors (Lipinski definition) is 3. The molecule has 1 N–H and O–H groups in total. The smallest absolute Gasteiger partial charge is 0.303 e. The molecule has 0 radical (unpaired) electrons.